The molecule has 13 rings (SSSR count). The van der Waals surface area contributed by atoms with E-state index in [4.69, 9.17) is 62.1 Å². The van der Waals surface area contributed by atoms with Crippen LogP contribution in [0.3, 0.4) is 0 Å². The van der Waals surface area contributed by atoms with Crippen molar-refractivity contribution in [3.05, 3.63) is 152 Å². The van der Waals surface area contributed by atoms with E-state index < -0.39 is 295 Å². The van der Waals surface area contributed by atoms with Crippen LogP contribution < -0.4 is 51.8 Å². The fraction of sp³-hybridized carbons (Fsp3) is 0.489. The fourth-order valence-corrected chi connectivity index (χ4v) is 17.4. The minimum absolute atomic E-state index is 0.00957. The van der Waals surface area contributed by atoms with Crippen LogP contribution in [0.5, 0.6) is 46.0 Å². The largest absolute Gasteiger partial charge is 0.507 e. The van der Waals surface area contributed by atoms with E-state index in [9.17, 15) is 90.7 Å². The molecule has 40 heteroatoms. The smallest absolute Gasteiger partial charge is 0.295 e. The minimum atomic E-state index is -2.27. The van der Waals surface area contributed by atoms with Gasteiger partial charge in [0.25, 0.3) is 6.47 Å². The van der Waals surface area contributed by atoms with E-state index in [1.165, 1.54) is 24.3 Å². The molecule has 22 atom stereocenters. The standard InChI is InChI=1S/C92H113Cl2N7O30Si/c1-9-46(26-42(2)3)86(121)99-73-61(108)30-51(33-69(95)111)87(122)98-72-50-31-66(127-64-21-18-48(75(73)112)28-56(64)93)83(131-91-84(82(119)80(117)68(40-103)129-91)130-70-36-92(5,85(120)43(4)126-70)97-37-45-15-13-44(14-16-45)23-25-132(6,7)8)67(32-50)128-65-22-19-49(29-57(65)94)76(113)74-89(124)101-90(125-41-104)54-35-60(107)55(38-96-24-11-10-12-59(106)78(115)81(118)79(116)63(110)39-102)77(114)71(54)53-27-47(17-20-58(53)105)52(34-62(72)109)88(123)100-74/h13-22,27-29,31-32,35,41-43,46,51-52,63,68,70,72-76,78-82,84-85,90-91,96-97,102-103,105,107,110,112-120H,9-12,24,26,30,33-34,36-40H2,1-8H3,(H2,95,111)(H,98,122)(H,99,121)(H,100,123)(H,101,124)/t43-,46+,51-,52-,63+,68+,70-,72+,73-,74-,75+,76+,78-,79+,80?,81+,82?,84+,85+,90+,91-,92?/m0/s1. The molecule has 132 heavy (non-hydrogen) atoms. The van der Waals surface area contributed by atoms with E-state index in [-0.39, 0.29) is 90.6 Å². The topological polar surface area (TPSA) is 600 Å². The van der Waals surface area contributed by atoms with Crippen molar-refractivity contribution < 1.29 is 148 Å². The summed E-state index contributed by atoms with van der Waals surface area (Å²) in [7, 11) is -1.72. The van der Waals surface area contributed by atoms with Crippen LogP contribution in [0.15, 0.2) is 97.1 Å². The Morgan fingerprint density at radius 3 is 1.99 bits per heavy atom. The molecule has 37 nitrogen and oxygen atoms in total. The van der Waals surface area contributed by atoms with Crippen molar-refractivity contribution in [3.63, 3.8) is 0 Å². The van der Waals surface area contributed by atoms with Crippen LogP contribution in [0.2, 0.25) is 29.7 Å². The first-order valence-electron chi connectivity index (χ1n) is 43.2. The van der Waals surface area contributed by atoms with Gasteiger partial charge in [0.1, 0.15) is 110 Å². The van der Waals surface area contributed by atoms with E-state index in [0.717, 1.165) is 59.7 Å². The van der Waals surface area contributed by atoms with E-state index >= 15 is 24.0 Å². The molecule has 2 fully saturated rings. The molecule has 0 saturated carbocycles. The van der Waals surface area contributed by atoms with Crippen molar-refractivity contribution in [3.8, 4) is 68.6 Å². The second kappa shape index (κ2) is 44.2. The molecule has 7 heterocycles. The molecular weight excluding hydrogens is 1780 g/mol. The molecule has 714 valence electrons. The summed E-state index contributed by atoms with van der Waals surface area (Å²) in [5.74, 6) is -15.5. The van der Waals surface area contributed by atoms with Crippen LogP contribution in [0.25, 0.3) is 11.1 Å². The number of benzene rings is 6. The van der Waals surface area contributed by atoms with Crippen LogP contribution in [-0.2, 0) is 75.2 Å². The number of halogens is 2. The summed E-state index contributed by atoms with van der Waals surface area (Å²) in [6.45, 7) is 12.8. The number of rotatable bonds is 29. The first-order chi connectivity index (χ1) is 62.4. The van der Waals surface area contributed by atoms with Crippen LogP contribution >= 0.6 is 23.2 Å². The van der Waals surface area contributed by atoms with Crippen LogP contribution in [0, 0.1) is 29.2 Å². The number of primary amides is 1. The Kier molecular flexibility index (Phi) is 34.2. The average molecular weight is 1900 g/mol. The number of unbranched alkanes of at least 4 members (excludes halogenated alkanes) is 1. The lowest BCUT2D eigenvalue weighted by molar-refractivity contribution is -0.334. The number of aliphatic hydroxyl groups excluding tert-OH is 11. The van der Waals surface area contributed by atoms with E-state index in [1.54, 1.807) is 20.8 Å². The van der Waals surface area contributed by atoms with Gasteiger partial charge in [0, 0.05) is 78.9 Å². The number of ketones is 3. The molecule has 0 spiro atoms. The summed E-state index contributed by atoms with van der Waals surface area (Å²) in [5.41, 5.74) is 6.75. The quantitative estimate of drug-likeness (QED) is 0.0137. The number of carbonyl (C=O) groups is 9. The molecule has 7 aliphatic heterocycles. The molecule has 6 aromatic rings. The van der Waals surface area contributed by atoms with Gasteiger partial charge in [-0.3, -0.25) is 43.2 Å². The number of fused-ring (bicyclic) bond motifs is 15. The number of hydrogen-bond donors (Lipinski definition) is 21. The molecule has 0 aliphatic carbocycles. The number of phenolic OH excluding ortho intramolecular Hbond substituents is 3. The molecule has 22 N–H and O–H groups in total. The first-order valence-corrected chi connectivity index (χ1v) is 47.5. The highest BCUT2D eigenvalue weighted by molar-refractivity contribution is 6.83. The van der Waals surface area contributed by atoms with Gasteiger partial charge < -0.3 is 142 Å². The van der Waals surface area contributed by atoms with Gasteiger partial charge in [-0.25, -0.2) is 0 Å². The Bertz CT molecular complexity index is 5290. The average Bonchev–Trinajstić information content (AvgIpc) is 1.01. The maximum atomic E-state index is 16.6. The highest BCUT2D eigenvalue weighted by atomic mass is 35.5. The molecule has 11 bridgehead atoms. The number of Topliss-reactive ketones (excluding diaryl/α,β-unsaturated/α-hetero) is 3. The Labute approximate surface area is 770 Å². The van der Waals surface area contributed by atoms with Crippen LogP contribution in [0.4, 0.5) is 0 Å². The lowest BCUT2D eigenvalue weighted by Crippen LogP contribution is -2.65. The Hall–Kier alpha value is -10.3. The summed E-state index contributed by atoms with van der Waals surface area (Å²) in [6.07, 6.45) is -30.9. The highest BCUT2D eigenvalue weighted by Gasteiger charge is 2.53. The van der Waals surface area contributed by atoms with Gasteiger partial charge in [0.15, 0.2) is 41.2 Å². The summed E-state index contributed by atoms with van der Waals surface area (Å²) in [4.78, 5) is 132. The summed E-state index contributed by atoms with van der Waals surface area (Å²) in [5, 5.41) is 175. The number of aliphatic hydroxyl groups is 11. The lowest BCUT2D eigenvalue weighted by Gasteiger charge is -2.48. The first kappa shape index (κ1) is 102. The lowest BCUT2D eigenvalue weighted by atomic mass is 9.84. The normalized spacial score (nSPS) is 26.4. The maximum absolute atomic E-state index is 16.6. The van der Waals surface area contributed by atoms with Gasteiger partial charge in [0.2, 0.25) is 47.8 Å². The van der Waals surface area contributed by atoms with Crippen molar-refractivity contribution in [1.29, 1.82) is 0 Å². The van der Waals surface area contributed by atoms with Gasteiger partial charge in [0.05, 0.1) is 52.9 Å². The molecule has 5 amide bonds. The van der Waals surface area contributed by atoms with Crippen molar-refractivity contribution in [2.75, 3.05) is 19.8 Å². The van der Waals surface area contributed by atoms with E-state index in [0.29, 0.717) is 6.42 Å². The van der Waals surface area contributed by atoms with Crippen molar-refractivity contribution in [2.24, 2.45) is 23.5 Å². The number of carbonyl (C=O) groups excluding carboxylic acids is 9. The second-order valence-corrected chi connectivity index (χ2v) is 41.0. The maximum Gasteiger partial charge on any atom is 0.295 e. The zero-order valence-electron chi connectivity index (χ0n) is 73.5. The molecule has 0 aromatic heterocycles. The third-order valence-electron chi connectivity index (χ3n) is 23.9. The molecule has 6 aromatic carbocycles. The number of phenols is 3. The van der Waals surface area contributed by atoms with E-state index in [1.807, 2.05) is 38.1 Å². The molecule has 2 saturated heterocycles. The van der Waals surface area contributed by atoms with E-state index in [2.05, 4.69) is 63.0 Å². The van der Waals surface area contributed by atoms with Crippen LogP contribution in [-0.4, -0.2) is 244 Å². The van der Waals surface area contributed by atoms with Gasteiger partial charge >= 0.3 is 0 Å². The number of hydrogen-bond acceptors (Lipinski definition) is 32. The third-order valence-corrected chi connectivity index (χ3v) is 25.4. The third kappa shape index (κ3) is 24.2. The van der Waals surface area contributed by atoms with Gasteiger partial charge in [-0.2, -0.15) is 0 Å². The van der Waals surface area contributed by atoms with Crippen molar-refractivity contribution >= 4 is 84.6 Å². The minimum Gasteiger partial charge on any atom is -0.507 e. The Morgan fingerprint density at radius 1 is 0.735 bits per heavy atom. The van der Waals surface area contributed by atoms with Crippen molar-refractivity contribution in [1.82, 2.24) is 31.9 Å². The SMILES string of the molecule is CC[C@H](CC(C)C)C(=O)N[C@H]1C(=O)C[C@@H](CC(N)=O)C(=O)N[C@H]2C(=O)C[C@@H]3C(=O)N[C@H](C(=O)N[C@H](OC=O)c4cc(O)c(CNCCCCC(=O)[C@H](O)[C@@H](O)[C@H](O)[C@H](O)CO)c(O)c4-c4cc3ccc4O)[C@H](O)c3ccc(c(Cl)c3)Oc3cc2cc(c3O[C@@H]2O[C@H](CO)C(O)C(O)[C@H]2O[C@H]2CC(C)(NCc3ccc(C#C[Si](C)(C)C)cc3)[C@H](O)[C@H](C)O2)Oc2ccc(cc2Cl)[C@H]1O. The predicted molar refractivity (Wildman–Crippen MR) is 473 cm³/mol. The monoisotopic (exact) mass is 1890 g/mol. The predicted octanol–water partition coefficient (Wildman–Crippen LogP) is 3.89. The van der Waals surface area contributed by atoms with Crippen LogP contribution in [0.1, 0.15) is 167 Å². The number of amides is 5. The van der Waals surface area contributed by atoms with Crippen molar-refractivity contribution in [2.45, 2.75) is 247 Å². The summed E-state index contributed by atoms with van der Waals surface area (Å²) in [6, 6.07) is 14.5. The molecule has 0 radical (unpaired) electrons. The highest BCUT2D eigenvalue weighted by Crippen LogP contribution is 2.52. The summed E-state index contributed by atoms with van der Waals surface area (Å²) >= 11 is 14.5. The number of nitrogens with two attached hydrogens (primary N) is 1. The fourth-order valence-electron chi connectivity index (χ4n) is 16.5. The molecule has 7 aliphatic rings. The van der Waals surface area contributed by atoms with Gasteiger partial charge in [-0.05, 0) is 147 Å². The second-order valence-electron chi connectivity index (χ2n) is 35.4. The molecular formula is C92H113Cl2N7O30Si. The summed E-state index contributed by atoms with van der Waals surface area (Å²) < 4.78 is 45.3. The van der Waals surface area contributed by atoms with Gasteiger partial charge in [-0.1, -0.05) is 99.9 Å². The Balaban J connectivity index is 1.08. The molecule has 3 unspecified atom stereocenters. The van der Waals surface area contributed by atoms with Gasteiger partial charge in [-0.15, -0.1) is 5.54 Å². The zero-order chi connectivity index (χ0) is 96.4. The number of aromatic hydroxyl groups is 3. The number of nitrogens with one attached hydrogen (secondary N) is 6. The zero-order valence-corrected chi connectivity index (χ0v) is 76.1. The Morgan fingerprint density at radius 2 is 1.39 bits per heavy atom. The number of ether oxygens (including phenoxy) is 7.